The van der Waals surface area contributed by atoms with Crippen LogP contribution in [0.2, 0.25) is 0 Å². The third-order valence-electron chi connectivity index (χ3n) is 4.15. The largest absolute Gasteiger partial charge is 0.497 e. The van der Waals surface area contributed by atoms with Crippen molar-refractivity contribution in [3.05, 3.63) is 90.0 Å². The first-order valence-corrected chi connectivity index (χ1v) is 8.38. The van der Waals surface area contributed by atoms with Gasteiger partial charge in [-0.15, -0.1) is 12.4 Å². The van der Waals surface area contributed by atoms with Crippen molar-refractivity contribution >= 4 is 18.4 Å². The Balaban J connectivity index is 0.00000261. The first-order valence-electron chi connectivity index (χ1n) is 8.38. The first kappa shape index (κ1) is 20.5. The molecule has 27 heavy (non-hydrogen) atoms. The van der Waals surface area contributed by atoms with E-state index in [-0.39, 0.29) is 19.0 Å². The fourth-order valence-corrected chi connectivity index (χ4v) is 2.64. The maximum Gasteiger partial charge on any atom is 0.327 e. The second-order valence-corrected chi connectivity index (χ2v) is 5.92. The molecule has 2 N–H and O–H groups in total. The Morgan fingerprint density at radius 2 is 1.63 bits per heavy atom. The molecule has 3 rings (SSSR count). The van der Waals surface area contributed by atoms with Crippen LogP contribution in [0, 0.1) is 0 Å². The number of carbonyl (C=O) groups is 1. The van der Waals surface area contributed by atoms with Gasteiger partial charge in [-0.1, -0.05) is 66.7 Å². The Morgan fingerprint density at radius 1 is 0.926 bits per heavy atom. The highest BCUT2D eigenvalue weighted by Crippen LogP contribution is 2.25. The van der Waals surface area contributed by atoms with Crippen molar-refractivity contribution in [3.63, 3.8) is 0 Å². The van der Waals surface area contributed by atoms with E-state index < -0.39 is 12.0 Å². The van der Waals surface area contributed by atoms with Crippen molar-refractivity contribution in [2.75, 3.05) is 7.11 Å². The number of halogens is 1. The minimum Gasteiger partial charge on any atom is -0.497 e. The maximum atomic E-state index is 12.2. The van der Waals surface area contributed by atoms with Crippen molar-refractivity contribution in [1.29, 1.82) is 0 Å². The lowest BCUT2D eigenvalue weighted by atomic mass is 10.0. The number of methoxy groups -OCH3 is 1. The summed E-state index contributed by atoms with van der Waals surface area (Å²) in [5, 5.41) is 0. The molecule has 0 amide bonds. The number of hydrogen-bond donors (Lipinski definition) is 1. The molecule has 0 radical (unpaired) electrons. The summed E-state index contributed by atoms with van der Waals surface area (Å²) in [6, 6.07) is 24.1. The lowest BCUT2D eigenvalue weighted by Gasteiger charge is -2.13. The van der Waals surface area contributed by atoms with E-state index in [1.54, 1.807) is 7.11 Å². The zero-order chi connectivity index (χ0) is 18.4. The zero-order valence-electron chi connectivity index (χ0n) is 15.0. The number of ether oxygens (including phenoxy) is 2. The molecule has 0 unspecified atom stereocenters. The number of esters is 1. The lowest BCUT2D eigenvalue weighted by molar-refractivity contribution is -0.146. The molecule has 140 valence electrons. The molecule has 0 aromatic heterocycles. The highest BCUT2D eigenvalue weighted by Gasteiger charge is 2.17. The Bertz CT molecular complexity index is 866. The number of carbonyl (C=O) groups excluding carboxylic acids is 1. The van der Waals surface area contributed by atoms with E-state index in [1.807, 2.05) is 78.9 Å². The van der Waals surface area contributed by atoms with Gasteiger partial charge in [-0.2, -0.15) is 0 Å². The molecule has 0 bridgehead atoms. The van der Waals surface area contributed by atoms with Gasteiger partial charge in [0.15, 0.2) is 0 Å². The summed E-state index contributed by atoms with van der Waals surface area (Å²) in [7, 11) is 1.64. The van der Waals surface area contributed by atoms with Crippen LogP contribution in [0.3, 0.4) is 0 Å². The molecule has 0 aliphatic rings. The molecule has 3 aromatic rings. The van der Waals surface area contributed by atoms with Crippen LogP contribution in [0.15, 0.2) is 78.9 Å². The van der Waals surface area contributed by atoms with Gasteiger partial charge in [0.1, 0.15) is 18.4 Å². The van der Waals surface area contributed by atoms with E-state index in [4.69, 9.17) is 15.2 Å². The predicted octanol–water partition coefficient (Wildman–Crippen LogP) is 4.53. The average molecular weight is 384 g/mol. The quantitative estimate of drug-likeness (QED) is 0.635. The molecule has 0 aliphatic carbocycles. The van der Waals surface area contributed by atoms with E-state index in [0.717, 1.165) is 28.0 Å². The van der Waals surface area contributed by atoms with Crippen molar-refractivity contribution < 1.29 is 14.3 Å². The second kappa shape index (κ2) is 9.76. The lowest BCUT2D eigenvalue weighted by Crippen LogP contribution is -2.23. The Labute approximate surface area is 165 Å². The molecule has 3 aromatic carbocycles. The monoisotopic (exact) mass is 383 g/mol. The van der Waals surface area contributed by atoms with Gasteiger partial charge < -0.3 is 15.2 Å². The summed E-state index contributed by atoms with van der Waals surface area (Å²) in [5.74, 6) is 0.357. The van der Waals surface area contributed by atoms with Crippen LogP contribution >= 0.6 is 12.4 Å². The van der Waals surface area contributed by atoms with E-state index in [0.29, 0.717) is 0 Å². The Kier molecular flexibility index (Phi) is 7.41. The normalized spacial score (nSPS) is 11.2. The molecule has 4 nitrogen and oxygen atoms in total. The van der Waals surface area contributed by atoms with Gasteiger partial charge in [0.25, 0.3) is 0 Å². The summed E-state index contributed by atoms with van der Waals surface area (Å²) in [6.45, 7) is 0.218. The molecule has 0 spiro atoms. The van der Waals surface area contributed by atoms with Crippen molar-refractivity contribution in [2.24, 2.45) is 5.73 Å². The van der Waals surface area contributed by atoms with Crippen molar-refractivity contribution in [3.8, 4) is 16.9 Å². The molecule has 0 saturated heterocycles. The predicted molar refractivity (Wildman–Crippen MR) is 109 cm³/mol. The summed E-state index contributed by atoms with van der Waals surface area (Å²) < 4.78 is 10.6. The van der Waals surface area contributed by atoms with E-state index >= 15 is 0 Å². The molecule has 0 aliphatic heterocycles. The number of rotatable bonds is 6. The molecule has 0 fully saturated rings. The first-order chi connectivity index (χ1) is 12.7. The number of hydrogen-bond acceptors (Lipinski definition) is 4. The van der Waals surface area contributed by atoms with Crippen molar-refractivity contribution in [2.45, 2.75) is 12.6 Å². The van der Waals surface area contributed by atoms with Gasteiger partial charge >= 0.3 is 5.97 Å². The molecule has 0 saturated carbocycles. The van der Waals surface area contributed by atoms with Gasteiger partial charge in [-0.3, -0.25) is 0 Å². The number of benzene rings is 3. The van der Waals surface area contributed by atoms with Crippen LogP contribution < -0.4 is 10.5 Å². The standard InChI is InChI=1S/C22H21NO3.ClH/c1-25-20-9-5-8-19(14-20)17-10-12-18(13-11-17)21(23)22(24)26-15-16-6-3-2-4-7-16;/h2-14,21H,15,23H2,1H3;1H/t21-;/m0./s1. The zero-order valence-corrected chi connectivity index (χ0v) is 15.8. The van der Waals surface area contributed by atoms with Crippen LogP contribution in [0.5, 0.6) is 5.75 Å². The highest BCUT2D eigenvalue weighted by atomic mass is 35.5. The van der Waals surface area contributed by atoms with Gasteiger partial charge in [0.05, 0.1) is 7.11 Å². The molecule has 1 atom stereocenters. The summed E-state index contributed by atoms with van der Waals surface area (Å²) in [4.78, 5) is 12.2. The third-order valence-corrected chi connectivity index (χ3v) is 4.15. The van der Waals surface area contributed by atoms with Crippen LogP contribution in [-0.4, -0.2) is 13.1 Å². The summed E-state index contributed by atoms with van der Waals surface area (Å²) in [6.07, 6.45) is 0. The highest BCUT2D eigenvalue weighted by molar-refractivity contribution is 5.85. The minimum absolute atomic E-state index is 0. The van der Waals surface area contributed by atoms with Gasteiger partial charge in [-0.05, 0) is 34.4 Å². The molecule has 5 heteroatoms. The van der Waals surface area contributed by atoms with Crippen LogP contribution in [0.25, 0.3) is 11.1 Å². The Morgan fingerprint density at radius 3 is 2.30 bits per heavy atom. The number of nitrogens with two attached hydrogens (primary N) is 1. The molecular formula is C22H22ClNO3. The summed E-state index contributed by atoms with van der Waals surface area (Å²) in [5.41, 5.74) is 9.76. The van der Waals surface area contributed by atoms with E-state index in [1.165, 1.54) is 0 Å². The average Bonchev–Trinajstić information content (AvgIpc) is 2.72. The Hall–Kier alpha value is -2.82. The summed E-state index contributed by atoms with van der Waals surface area (Å²) >= 11 is 0. The van der Waals surface area contributed by atoms with E-state index in [9.17, 15) is 4.79 Å². The molecular weight excluding hydrogens is 362 g/mol. The van der Waals surface area contributed by atoms with E-state index in [2.05, 4.69) is 0 Å². The van der Waals surface area contributed by atoms with Crippen LogP contribution in [0.1, 0.15) is 17.2 Å². The van der Waals surface area contributed by atoms with Crippen molar-refractivity contribution in [1.82, 2.24) is 0 Å². The topological polar surface area (TPSA) is 61.5 Å². The minimum atomic E-state index is -0.807. The van der Waals surface area contributed by atoms with Gasteiger partial charge in [0.2, 0.25) is 0 Å². The fraction of sp³-hybridized carbons (Fsp3) is 0.136. The maximum absolute atomic E-state index is 12.2. The second-order valence-electron chi connectivity index (χ2n) is 5.92. The SMILES string of the molecule is COc1cccc(-c2ccc([C@H](N)C(=O)OCc3ccccc3)cc2)c1.Cl. The van der Waals surface area contributed by atoms with Crippen LogP contribution in [-0.2, 0) is 16.1 Å². The van der Waals surface area contributed by atoms with Gasteiger partial charge in [-0.25, -0.2) is 4.79 Å². The fourth-order valence-electron chi connectivity index (χ4n) is 2.64. The molecule has 0 heterocycles. The third kappa shape index (κ3) is 5.33. The smallest absolute Gasteiger partial charge is 0.327 e. The van der Waals surface area contributed by atoms with Crippen LogP contribution in [0.4, 0.5) is 0 Å². The van der Waals surface area contributed by atoms with Gasteiger partial charge in [0, 0.05) is 0 Å².